The summed E-state index contributed by atoms with van der Waals surface area (Å²) in [5.41, 5.74) is 15.2. The van der Waals surface area contributed by atoms with Crippen LogP contribution in [0.15, 0.2) is 11.0 Å². The van der Waals surface area contributed by atoms with Crippen LogP contribution in [0, 0.1) is 25.1 Å². The van der Waals surface area contributed by atoms with Gasteiger partial charge in [0.25, 0.3) is 0 Å². The van der Waals surface area contributed by atoms with Crippen molar-refractivity contribution < 1.29 is 4.39 Å². The van der Waals surface area contributed by atoms with E-state index in [0.29, 0.717) is 29.2 Å². The van der Waals surface area contributed by atoms with Gasteiger partial charge < -0.3 is 20.9 Å². The Morgan fingerprint density at radius 2 is 1.96 bits per heavy atom. The first kappa shape index (κ1) is 16.1. The van der Waals surface area contributed by atoms with Gasteiger partial charge >= 0.3 is 0 Å². The number of benzene rings is 1. The molecular weight excluding hydrogens is 331 g/mol. The minimum atomic E-state index is -0.468. The number of anilines is 2. The summed E-state index contributed by atoms with van der Waals surface area (Å²) in [6, 6.07) is 0.450. The summed E-state index contributed by atoms with van der Waals surface area (Å²) in [5, 5.41) is 0.334. The number of fused-ring (bicyclic) bond motifs is 1. The van der Waals surface area contributed by atoms with Crippen LogP contribution in [0.2, 0.25) is 0 Å². The maximum Gasteiger partial charge on any atom is 0.194 e. The van der Waals surface area contributed by atoms with E-state index in [1.165, 1.54) is 0 Å². The van der Waals surface area contributed by atoms with E-state index in [0.717, 1.165) is 43.3 Å². The maximum absolute atomic E-state index is 15.3. The molecule has 2 aliphatic carbocycles. The average molecular weight is 356 g/mol. The zero-order valence-electron chi connectivity index (χ0n) is 15.3. The Kier molecular flexibility index (Phi) is 3.10. The first-order valence-corrected chi connectivity index (χ1v) is 9.47. The van der Waals surface area contributed by atoms with Crippen molar-refractivity contribution in [3.63, 3.8) is 0 Å². The second-order valence-corrected chi connectivity index (χ2v) is 8.55. The minimum Gasteiger partial charge on any atom is -0.396 e. The Labute approximate surface area is 151 Å². The molecule has 1 aromatic carbocycles. The molecule has 2 saturated carbocycles. The highest BCUT2D eigenvalue weighted by atomic mass is 19.1. The topological polar surface area (TPSA) is 77.3 Å². The average Bonchev–Trinajstić information content (AvgIpc) is 3.48. The van der Waals surface area contributed by atoms with Crippen LogP contribution in [0.4, 0.5) is 15.8 Å². The molecule has 2 aromatic rings. The molecule has 4 N–H and O–H groups in total. The van der Waals surface area contributed by atoms with Gasteiger partial charge in [-0.1, -0.05) is 0 Å². The summed E-state index contributed by atoms with van der Waals surface area (Å²) in [5.74, 6) is -0.468. The smallest absolute Gasteiger partial charge is 0.194 e. The molecule has 0 amide bonds. The molecule has 6 heteroatoms. The van der Waals surface area contributed by atoms with Gasteiger partial charge in [-0.3, -0.25) is 4.79 Å². The number of hydrogen-bond acceptors (Lipinski definition) is 4. The number of nitrogen functional groups attached to an aromatic ring is 1. The van der Waals surface area contributed by atoms with Crippen molar-refractivity contribution in [1.29, 1.82) is 0 Å². The van der Waals surface area contributed by atoms with E-state index in [1.54, 1.807) is 6.92 Å². The van der Waals surface area contributed by atoms with Gasteiger partial charge in [-0.25, -0.2) is 4.39 Å². The third kappa shape index (κ3) is 2.02. The van der Waals surface area contributed by atoms with Crippen LogP contribution < -0.4 is 21.8 Å². The summed E-state index contributed by atoms with van der Waals surface area (Å²) in [6.45, 7) is 5.10. The van der Waals surface area contributed by atoms with Gasteiger partial charge in [0.05, 0.1) is 22.3 Å². The Morgan fingerprint density at radius 3 is 2.54 bits per heavy atom. The quantitative estimate of drug-likeness (QED) is 0.811. The number of nitrogens with two attached hydrogens (primary N) is 2. The third-order valence-corrected chi connectivity index (χ3v) is 6.70. The summed E-state index contributed by atoms with van der Waals surface area (Å²) >= 11 is 0. The molecule has 1 atom stereocenters. The van der Waals surface area contributed by atoms with Crippen molar-refractivity contribution in [3.05, 3.63) is 33.4 Å². The number of halogens is 1. The largest absolute Gasteiger partial charge is 0.396 e. The Bertz CT molecular complexity index is 1000. The number of pyridine rings is 1. The zero-order valence-corrected chi connectivity index (χ0v) is 15.3. The normalized spacial score (nSPS) is 24.0. The van der Waals surface area contributed by atoms with Gasteiger partial charge in [-0.05, 0) is 45.1 Å². The highest BCUT2D eigenvalue weighted by molar-refractivity contribution is 5.98. The second-order valence-electron chi connectivity index (χ2n) is 8.55. The first-order chi connectivity index (χ1) is 12.3. The molecule has 0 radical (unpaired) electrons. The van der Waals surface area contributed by atoms with Crippen LogP contribution in [-0.2, 0) is 0 Å². The number of hydrogen-bond donors (Lipinski definition) is 2. The van der Waals surface area contributed by atoms with Crippen LogP contribution >= 0.6 is 0 Å². The Balaban J connectivity index is 1.79. The molecule has 26 heavy (non-hydrogen) atoms. The van der Waals surface area contributed by atoms with Crippen molar-refractivity contribution >= 4 is 22.3 Å². The van der Waals surface area contributed by atoms with Crippen molar-refractivity contribution in [2.24, 2.45) is 11.1 Å². The monoisotopic (exact) mass is 356 g/mol. The predicted molar refractivity (Wildman–Crippen MR) is 102 cm³/mol. The number of aromatic nitrogens is 1. The van der Waals surface area contributed by atoms with Crippen molar-refractivity contribution in [1.82, 2.24) is 4.57 Å². The van der Waals surface area contributed by atoms with Crippen LogP contribution in [-0.4, -0.2) is 23.7 Å². The van der Waals surface area contributed by atoms with Crippen LogP contribution in [0.3, 0.4) is 0 Å². The molecule has 1 saturated heterocycles. The zero-order chi connectivity index (χ0) is 18.4. The fourth-order valence-corrected chi connectivity index (χ4v) is 4.78. The van der Waals surface area contributed by atoms with Gasteiger partial charge in [0, 0.05) is 42.3 Å². The number of aryl methyl sites for hydroxylation is 2. The van der Waals surface area contributed by atoms with Crippen molar-refractivity contribution in [2.75, 3.05) is 23.7 Å². The van der Waals surface area contributed by atoms with E-state index >= 15 is 4.39 Å². The highest BCUT2D eigenvalue weighted by Gasteiger charge is 2.54. The Hall–Kier alpha value is -2.08. The maximum atomic E-state index is 15.3. The molecule has 138 valence electrons. The third-order valence-electron chi connectivity index (χ3n) is 6.70. The highest BCUT2D eigenvalue weighted by Crippen LogP contribution is 2.54. The molecule has 1 aromatic heterocycles. The lowest BCUT2D eigenvalue weighted by atomic mass is 10.0. The van der Waals surface area contributed by atoms with Gasteiger partial charge in [0.2, 0.25) is 0 Å². The van der Waals surface area contributed by atoms with Gasteiger partial charge in [0.15, 0.2) is 11.2 Å². The lowest BCUT2D eigenvalue weighted by Crippen LogP contribution is -2.31. The molecule has 0 unspecified atom stereocenters. The lowest BCUT2D eigenvalue weighted by molar-refractivity contribution is 0.499. The first-order valence-electron chi connectivity index (χ1n) is 9.47. The summed E-state index contributed by atoms with van der Waals surface area (Å²) in [4.78, 5) is 14.8. The fraction of sp³-hybridized carbons (Fsp3) is 0.550. The second kappa shape index (κ2) is 5.00. The Morgan fingerprint density at radius 1 is 1.27 bits per heavy atom. The van der Waals surface area contributed by atoms with Gasteiger partial charge in [-0.2, -0.15) is 0 Å². The van der Waals surface area contributed by atoms with Gasteiger partial charge in [0.1, 0.15) is 0 Å². The van der Waals surface area contributed by atoms with E-state index in [-0.39, 0.29) is 22.6 Å². The summed E-state index contributed by atoms with van der Waals surface area (Å²) in [6.07, 6.45) is 6.30. The lowest BCUT2D eigenvalue weighted by Gasteiger charge is -2.25. The van der Waals surface area contributed by atoms with E-state index in [2.05, 4.69) is 9.47 Å². The molecule has 0 bridgehead atoms. The summed E-state index contributed by atoms with van der Waals surface area (Å²) < 4.78 is 17.5. The molecule has 5 nitrogen and oxygen atoms in total. The van der Waals surface area contributed by atoms with E-state index in [9.17, 15) is 4.79 Å². The van der Waals surface area contributed by atoms with E-state index in [4.69, 9.17) is 11.5 Å². The summed E-state index contributed by atoms with van der Waals surface area (Å²) in [7, 11) is 0. The molecule has 2 heterocycles. The predicted octanol–water partition coefficient (Wildman–Crippen LogP) is 2.60. The van der Waals surface area contributed by atoms with Crippen molar-refractivity contribution in [3.8, 4) is 0 Å². The van der Waals surface area contributed by atoms with E-state index in [1.807, 2.05) is 13.1 Å². The molecular formula is C20H25FN4O. The van der Waals surface area contributed by atoms with Crippen molar-refractivity contribution in [2.45, 2.75) is 51.6 Å². The number of rotatable bonds is 2. The number of nitrogens with zero attached hydrogens (tertiary/aromatic N) is 2. The van der Waals surface area contributed by atoms with Crippen LogP contribution in [0.5, 0.6) is 0 Å². The molecule has 3 fully saturated rings. The molecule has 5 rings (SSSR count). The molecule has 1 aliphatic heterocycles. The molecule has 3 aliphatic rings. The standard InChI is InChI=1S/C20H25FN4O/c1-10-7-25(12-3-4-12)17-11(2)18(15(21)16(23)14(17)19(10)26)24-8-13(22)20(9-24)5-6-20/h7,12-13H,3-6,8-9,22-23H2,1-2H3/t13-/m1/s1. The fourth-order valence-electron chi connectivity index (χ4n) is 4.78. The molecule has 1 spiro atoms. The SMILES string of the molecule is Cc1cn(C2CC2)c2c(C)c(N3C[C@@H](N)C4(CC4)C3)c(F)c(N)c2c1=O. The van der Waals surface area contributed by atoms with Gasteiger partial charge in [-0.15, -0.1) is 0 Å². The van der Waals surface area contributed by atoms with Crippen LogP contribution in [0.25, 0.3) is 10.9 Å². The minimum absolute atomic E-state index is 0.0194. The van der Waals surface area contributed by atoms with E-state index < -0.39 is 5.82 Å². The van der Waals surface area contributed by atoms with Crippen LogP contribution in [0.1, 0.15) is 42.9 Å².